The Labute approximate surface area is 205 Å². The van der Waals surface area contributed by atoms with E-state index in [0.29, 0.717) is 23.1 Å². The zero-order valence-corrected chi connectivity index (χ0v) is 20.5. The lowest BCUT2D eigenvalue weighted by molar-refractivity contribution is -0.135. The number of carbonyl (C=O) groups excluding carboxylic acids is 2. The van der Waals surface area contributed by atoms with Crippen molar-refractivity contribution >= 4 is 45.8 Å². The van der Waals surface area contributed by atoms with Crippen molar-refractivity contribution in [3.05, 3.63) is 41.7 Å². The summed E-state index contributed by atoms with van der Waals surface area (Å²) < 4.78 is 0. The molecule has 0 saturated carbocycles. The van der Waals surface area contributed by atoms with Crippen LogP contribution in [0.25, 0.3) is 10.9 Å². The summed E-state index contributed by atoms with van der Waals surface area (Å²) >= 11 is 6.04. The number of carbonyl (C=O) groups is 2. The average Bonchev–Trinajstić information content (AvgIpc) is 3.02. The molecule has 3 heterocycles. The Kier molecular flexibility index (Phi) is 8.81. The maximum atomic E-state index is 11.4. The molecule has 34 heavy (non-hydrogen) atoms. The molecule has 9 nitrogen and oxygen atoms in total. The molecule has 0 aliphatic carbocycles. The largest absolute Gasteiger partial charge is 0.386 e. The van der Waals surface area contributed by atoms with Crippen LogP contribution in [-0.4, -0.2) is 72.9 Å². The van der Waals surface area contributed by atoms with E-state index in [-0.39, 0.29) is 18.4 Å². The van der Waals surface area contributed by atoms with Gasteiger partial charge < -0.3 is 31.5 Å². The van der Waals surface area contributed by atoms with Crippen molar-refractivity contribution in [1.29, 1.82) is 0 Å². The minimum absolute atomic E-state index is 0.0877. The second-order valence-corrected chi connectivity index (χ2v) is 8.93. The zero-order valence-electron chi connectivity index (χ0n) is 19.7. The molecule has 2 aromatic rings. The van der Waals surface area contributed by atoms with Crippen molar-refractivity contribution in [2.24, 2.45) is 5.73 Å². The van der Waals surface area contributed by atoms with E-state index in [1.165, 1.54) is 0 Å². The Morgan fingerprint density at radius 3 is 2.56 bits per heavy atom. The van der Waals surface area contributed by atoms with Gasteiger partial charge in [0.05, 0.1) is 17.9 Å². The molecule has 2 aliphatic heterocycles. The van der Waals surface area contributed by atoms with Crippen LogP contribution in [0.1, 0.15) is 25.7 Å². The summed E-state index contributed by atoms with van der Waals surface area (Å²) in [7, 11) is 1.59. The van der Waals surface area contributed by atoms with Gasteiger partial charge in [0.25, 0.3) is 0 Å². The van der Waals surface area contributed by atoms with E-state index < -0.39 is 0 Å². The van der Waals surface area contributed by atoms with E-state index in [0.717, 1.165) is 68.6 Å². The van der Waals surface area contributed by atoms with Crippen LogP contribution in [-0.2, 0) is 9.59 Å². The number of nitrogens with zero attached hydrogens (tertiary/aromatic N) is 4. The molecule has 184 valence electrons. The minimum Gasteiger partial charge on any atom is -0.386 e. The number of pyridine rings is 1. The fourth-order valence-corrected chi connectivity index (χ4v) is 4.32. The smallest absolute Gasteiger partial charge is 0.239 e. The number of rotatable bonds is 4. The predicted molar refractivity (Wildman–Crippen MR) is 137 cm³/mol. The van der Waals surface area contributed by atoms with Crippen molar-refractivity contribution < 1.29 is 9.59 Å². The minimum atomic E-state index is -0.0877. The fraction of sp³-hybridized carbons (Fsp3) is 0.458. The maximum Gasteiger partial charge on any atom is 0.239 e. The molecule has 0 bridgehead atoms. The molecule has 1 aromatic carbocycles. The lowest BCUT2D eigenvalue weighted by Crippen LogP contribution is -2.47. The van der Waals surface area contributed by atoms with Crippen molar-refractivity contribution in [3.8, 4) is 0 Å². The van der Waals surface area contributed by atoms with E-state index in [1.54, 1.807) is 11.9 Å². The second kappa shape index (κ2) is 11.8. The van der Waals surface area contributed by atoms with E-state index in [2.05, 4.69) is 26.7 Å². The van der Waals surface area contributed by atoms with Crippen LogP contribution in [0.4, 0.5) is 11.5 Å². The number of fused-ring (bicyclic) bond motifs is 1. The first-order valence-electron chi connectivity index (χ1n) is 11.6. The van der Waals surface area contributed by atoms with Gasteiger partial charge in [-0.15, -0.1) is 0 Å². The molecule has 2 amide bonds. The highest BCUT2D eigenvalue weighted by molar-refractivity contribution is 6.31. The van der Waals surface area contributed by atoms with E-state index in [9.17, 15) is 9.59 Å². The van der Waals surface area contributed by atoms with Crippen LogP contribution in [0.2, 0.25) is 5.02 Å². The highest BCUT2D eigenvalue weighted by Crippen LogP contribution is 2.30. The van der Waals surface area contributed by atoms with E-state index >= 15 is 0 Å². The van der Waals surface area contributed by atoms with Crippen LogP contribution >= 0.6 is 11.6 Å². The van der Waals surface area contributed by atoms with Crippen molar-refractivity contribution in [1.82, 2.24) is 20.1 Å². The molecule has 0 atom stereocenters. The average molecular weight is 488 g/mol. The lowest BCUT2D eigenvalue weighted by Gasteiger charge is -2.37. The molecule has 0 unspecified atom stereocenters. The first-order valence-corrected chi connectivity index (χ1v) is 11.9. The number of nitrogen functional groups attached to an aromatic ring is 1. The number of piperazine rings is 1. The van der Waals surface area contributed by atoms with Gasteiger partial charge in [-0.25, -0.2) is 4.98 Å². The SMILES string of the molecule is C=C(N)N1CCN(c2cc(N)nc3cc(Cl)ccc23)CC1.CNC(=O)CN1CCCCCC1=O. The molecule has 1 aromatic heterocycles. The summed E-state index contributed by atoms with van der Waals surface area (Å²) in [6, 6.07) is 7.63. The summed E-state index contributed by atoms with van der Waals surface area (Å²) in [4.78, 5) is 32.8. The maximum absolute atomic E-state index is 11.4. The highest BCUT2D eigenvalue weighted by Gasteiger charge is 2.20. The number of halogens is 1. The summed E-state index contributed by atoms with van der Waals surface area (Å²) in [6.07, 6.45) is 3.67. The standard InChI is InChI=1S/C15H18ClN5.C9H16N2O2/c1-10(17)20-4-6-21(7-5-20)14-9-15(18)19-13-8-11(16)2-3-12(13)14;1-10-8(12)7-11-6-4-2-3-5-9(11)13/h2-3,8-9H,1,4-7,17H2,(H2,18,19);2-7H2,1H3,(H,10,12). The third-order valence-corrected chi connectivity index (χ3v) is 6.32. The summed E-state index contributed by atoms with van der Waals surface area (Å²) in [5.41, 5.74) is 13.6. The van der Waals surface area contributed by atoms with Gasteiger partial charge in [0.2, 0.25) is 11.8 Å². The molecule has 2 fully saturated rings. The van der Waals surface area contributed by atoms with Gasteiger partial charge in [0.1, 0.15) is 5.82 Å². The monoisotopic (exact) mass is 487 g/mol. The highest BCUT2D eigenvalue weighted by atomic mass is 35.5. The van der Waals surface area contributed by atoms with Crippen LogP contribution in [0.3, 0.4) is 0 Å². The lowest BCUT2D eigenvalue weighted by atomic mass is 10.1. The first kappa shape index (κ1) is 25.4. The zero-order chi connectivity index (χ0) is 24.7. The number of nitrogens with one attached hydrogen (secondary N) is 1. The number of nitrogens with two attached hydrogens (primary N) is 2. The molecule has 10 heteroatoms. The van der Waals surface area contributed by atoms with E-state index in [1.807, 2.05) is 24.3 Å². The molecule has 2 aliphatic rings. The van der Waals surface area contributed by atoms with Gasteiger partial charge in [-0.1, -0.05) is 24.6 Å². The molecule has 0 spiro atoms. The summed E-state index contributed by atoms with van der Waals surface area (Å²) in [5.74, 6) is 1.15. The summed E-state index contributed by atoms with van der Waals surface area (Å²) in [6.45, 7) is 8.19. The van der Waals surface area contributed by atoms with Crippen molar-refractivity contribution in [2.45, 2.75) is 25.7 Å². The molecular weight excluding hydrogens is 454 g/mol. The number of likely N-dealkylation sites (tertiary alicyclic amines) is 1. The molecule has 5 N–H and O–H groups in total. The number of likely N-dealkylation sites (N-methyl/N-ethyl adjacent to an activating group) is 1. The Hall–Kier alpha value is -3.20. The second-order valence-electron chi connectivity index (χ2n) is 8.49. The van der Waals surface area contributed by atoms with Gasteiger partial charge in [-0.2, -0.15) is 0 Å². The van der Waals surface area contributed by atoms with Crippen LogP contribution in [0.15, 0.2) is 36.7 Å². The Balaban J connectivity index is 0.000000215. The molecule has 0 radical (unpaired) electrons. The van der Waals surface area contributed by atoms with Gasteiger partial charge >= 0.3 is 0 Å². The molecular formula is C24H34ClN7O2. The van der Waals surface area contributed by atoms with Gasteiger partial charge in [-0.3, -0.25) is 9.59 Å². The van der Waals surface area contributed by atoms with Gasteiger partial charge in [0.15, 0.2) is 0 Å². The topological polar surface area (TPSA) is 121 Å². The predicted octanol–water partition coefficient (Wildman–Crippen LogP) is 2.16. The van der Waals surface area contributed by atoms with Crippen LogP contribution in [0, 0.1) is 0 Å². The quantitative estimate of drug-likeness (QED) is 0.604. The van der Waals surface area contributed by atoms with Crippen LogP contribution < -0.4 is 21.7 Å². The Bertz CT molecular complexity index is 1030. The number of benzene rings is 1. The number of anilines is 2. The fourth-order valence-electron chi connectivity index (χ4n) is 4.16. The van der Waals surface area contributed by atoms with Gasteiger partial charge in [0, 0.05) is 68.4 Å². The Morgan fingerprint density at radius 2 is 1.88 bits per heavy atom. The number of aromatic nitrogens is 1. The summed E-state index contributed by atoms with van der Waals surface area (Å²) in [5, 5.41) is 4.25. The third-order valence-electron chi connectivity index (χ3n) is 6.08. The van der Waals surface area contributed by atoms with Crippen molar-refractivity contribution in [2.75, 3.05) is 56.9 Å². The van der Waals surface area contributed by atoms with E-state index in [4.69, 9.17) is 23.1 Å². The first-order chi connectivity index (χ1) is 16.3. The molecule has 4 rings (SSSR count). The third kappa shape index (κ3) is 6.66. The number of hydrogen-bond acceptors (Lipinski definition) is 7. The number of hydrogen-bond donors (Lipinski definition) is 3. The van der Waals surface area contributed by atoms with Gasteiger partial charge in [-0.05, 0) is 31.0 Å². The molecule has 2 saturated heterocycles. The number of amides is 2. The normalized spacial score (nSPS) is 16.5. The van der Waals surface area contributed by atoms with Crippen LogP contribution in [0.5, 0.6) is 0 Å². The Morgan fingerprint density at radius 1 is 1.15 bits per heavy atom. The van der Waals surface area contributed by atoms with Crippen molar-refractivity contribution in [3.63, 3.8) is 0 Å².